The van der Waals surface area contributed by atoms with Gasteiger partial charge in [0.15, 0.2) is 0 Å². The Morgan fingerprint density at radius 3 is 2.57 bits per heavy atom. The summed E-state index contributed by atoms with van der Waals surface area (Å²) in [5, 5.41) is 10.9. The van der Waals surface area contributed by atoms with Gasteiger partial charge in [-0.3, -0.25) is 19.8 Å². The van der Waals surface area contributed by atoms with Crippen LogP contribution in [-0.2, 0) is 10.0 Å². The molecule has 0 atom stereocenters. The largest absolute Gasteiger partial charge is 0.311 e. The number of nitrogens with one attached hydrogen (secondary N) is 1. The predicted octanol–water partition coefficient (Wildman–Crippen LogP) is 2.41. The Morgan fingerprint density at radius 2 is 1.95 bits per heavy atom. The van der Waals surface area contributed by atoms with Gasteiger partial charge in [-0.1, -0.05) is 17.7 Å². The van der Waals surface area contributed by atoms with Crippen molar-refractivity contribution >= 4 is 21.4 Å². The maximum Gasteiger partial charge on any atom is 0.311 e. The standard InChI is InChI=1S/C13H13N3O4S/c1-9-3-4-13(10(2)7-9)21(19,20)15-11-5-6-14-8-12(11)16(17)18/h3-8H,1-2H3,(H,14,15). The molecule has 0 amide bonds. The zero-order valence-electron chi connectivity index (χ0n) is 11.4. The van der Waals surface area contributed by atoms with Crippen LogP contribution in [-0.4, -0.2) is 18.3 Å². The highest BCUT2D eigenvalue weighted by Gasteiger charge is 2.22. The SMILES string of the molecule is Cc1ccc(S(=O)(=O)Nc2ccncc2[N+](=O)[O-])c(C)c1. The molecule has 0 unspecified atom stereocenters. The van der Waals surface area contributed by atoms with Crippen molar-refractivity contribution in [2.75, 3.05) is 4.72 Å². The molecule has 21 heavy (non-hydrogen) atoms. The summed E-state index contributed by atoms with van der Waals surface area (Å²) in [5.41, 5.74) is 0.987. The summed E-state index contributed by atoms with van der Waals surface area (Å²) >= 11 is 0. The fraction of sp³-hybridized carbons (Fsp3) is 0.154. The Bertz CT molecular complexity index is 803. The van der Waals surface area contributed by atoms with E-state index in [1.807, 2.05) is 6.92 Å². The average Bonchev–Trinajstić information content (AvgIpc) is 2.37. The van der Waals surface area contributed by atoms with Crippen LogP contribution in [0.2, 0.25) is 0 Å². The van der Waals surface area contributed by atoms with Crippen LogP contribution < -0.4 is 4.72 Å². The van der Waals surface area contributed by atoms with Crippen molar-refractivity contribution in [3.8, 4) is 0 Å². The van der Waals surface area contributed by atoms with E-state index in [2.05, 4.69) is 9.71 Å². The number of hydrogen-bond donors (Lipinski definition) is 1. The average molecular weight is 307 g/mol. The fourth-order valence-electron chi connectivity index (χ4n) is 1.92. The van der Waals surface area contributed by atoms with Crippen LogP contribution in [0.5, 0.6) is 0 Å². The van der Waals surface area contributed by atoms with Crippen molar-refractivity contribution in [2.24, 2.45) is 0 Å². The highest BCUT2D eigenvalue weighted by atomic mass is 32.2. The van der Waals surface area contributed by atoms with Crippen LogP contribution in [0.3, 0.4) is 0 Å². The van der Waals surface area contributed by atoms with Gasteiger partial charge in [-0.05, 0) is 31.5 Å². The second-order valence-corrected chi connectivity index (χ2v) is 6.18. The van der Waals surface area contributed by atoms with Gasteiger partial charge >= 0.3 is 5.69 Å². The number of nitrogens with zero attached hydrogens (tertiary/aromatic N) is 2. The maximum atomic E-state index is 12.4. The summed E-state index contributed by atoms with van der Waals surface area (Å²) < 4.78 is 26.9. The summed E-state index contributed by atoms with van der Waals surface area (Å²) in [5.74, 6) is 0. The van der Waals surface area contributed by atoms with Gasteiger partial charge in [-0.15, -0.1) is 0 Å². The minimum atomic E-state index is -3.90. The lowest BCUT2D eigenvalue weighted by atomic mass is 10.2. The molecule has 1 aromatic heterocycles. The lowest BCUT2D eigenvalue weighted by Crippen LogP contribution is -2.15. The number of pyridine rings is 1. The molecule has 0 aliphatic heterocycles. The molecular weight excluding hydrogens is 294 g/mol. The van der Waals surface area contributed by atoms with Gasteiger partial charge in [0.2, 0.25) is 0 Å². The quantitative estimate of drug-likeness (QED) is 0.690. The maximum absolute atomic E-state index is 12.4. The van der Waals surface area contributed by atoms with E-state index in [1.54, 1.807) is 19.1 Å². The third-order valence-electron chi connectivity index (χ3n) is 2.86. The normalized spacial score (nSPS) is 11.1. The zero-order chi connectivity index (χ0) is 15.6. The second kappa shape index (κ2) is 5.49. The Labute approximate surface area is 121 Å². The molecule has 0 saturated carbocycles. The number of anilines is 1. The van der Waals surface area contributed by atoms with E-state index in [-0.39, 0.29) is 10.6 Å². The molecular formula is C13H13N3O4S. The van der Waals surface area contributed by atoms with E-state index >= 15 is 0 Å². The fourth-order valence-corrected chi connectivity index (χ4v) is 3.22. The van der Waals surface area contributed by atoms with Crippen LogP contribution in [0.25, 0.3) is 0 Å². The highest BCUT2D eigenvalue weighted by molar-refractivity contribution is 7.92. The van der Waals surface area contributed by atoms with Crippen molar-refractivity contribution in [1.82, 2.24) is 4.98 Å². The van der Waals surface area contributed by atoms with Gasteiger partial charge in [-0.25, -0.2) is 8.42 Å². The molecule has 1 aromatic carbocycles. The van der Waals surface area contributed by atoms with Gasteiger partial charge in [0, 0.05) is 6.20 Å². The molecule has 0 fully saturated rings. The first kappa shape index (κ1) is 14.9. The van der Waals surface area contributed by atoms with Gasteiger partial charge < -0.3 is 0 Å². The zero-order valence-corrected chi connectivity index (χ0v) is 12.2. The number of aromatic nitrogens is 1. The van der Waals surface area contributed by atoms with E-state index < -0.39 is 20.6 Å². The van der Waals surface area contributed by atoms with Crippen molar-refractivity contribution in [3.63, 3.8) is 0 Å². The Hall–Kier alpha value is -2.48. The lowest BCUT2D eigenvalue weighted by Gasteiger charge is -2.10. The number of sulfonamides is 1. The Balaban J connectivity index is 2.45. The third kappa shape index (κ3) is 3.16. The number of rotatable bonds is 4. The van der Waals surface area contributed by atoms with Crippen LogP contribution in [0.15, 0.2) is 41.6 Å². The van der Waals surface area contributed by atoms with Gasteiger partial charge in [0.25, 0.3) is 10.0 Å². The molecule has 1 heterocycles. The van der Waals surface area contributed by atoms with Gasteiger partial charge in [0.05, 0.1) is 9.82 Å². The minimum Gasteiger partial charge on any atom is -0.273 e. The molecule has 2 aromatic rings. The molecule has 0 aliphatic carbocycles. The molecule has 0 bridgehead atoms. The first-order chi connectivity index (χ1) is 9.81. The summed E-state index contributed by atoms with van der Waals surface area (Å²) in [6, 6.07) is 6.12. The van der Waals surface area contributed by atoms with Crippen molar-refractivity contribution in [2.45, 2.75) is 18.7 Å². The van der Waals surface area contributed by atoms with E-state index in [1.165, 1.54) is 18.3 Å². The lowest BCUT2D eigenvalue weighted by molar-refractivity contribution is -0.384. The van der Waals surface area contributed by atoms with Crippen LogP contribution >= 0.6 is 0 Å². The predicted molar refractivity (Wildman–Crippen MR) is 77.6 cm³/mol. The molecule has 0 aliphatic rings. The molecule has 0 spiro atoms. The second-order valence-electron chi connectivity index (χ2n) is 4.52. The first-order valence-corrected chi connectivity index (χ1v) is 7.48. The number of aryl methyl sites for hydroxylation is 2. The molecule has 0 radical (unpaired) electrons. The van der Waals surface area contributed by atoms with Crippen LogP contribution in [0, 0.1) is 24.0 Å². The molecule has 0 saturated heterocycles. The molecule has 8 heteroatoms. The van der Waals surface area contributed by atoms with E-state index in [0.29, 0.717) is 5.56 Å². The molecule has 2 rings (SSSR count). The first-order valence-electron chi connectivity index (χ1n) is 6.00. The minimum absolute atomic E-state index is 0.0826. The van der Waals surface area contributed by atoms with E-state index in [4.69, 9.17) is 0 Å². The summed E-state index contributed by atoms with van der Waals surface area (Å²) in [7, 11) is -3.90. The Kier molecular flexibility index (Phi) is 3.90. The highest BCUT2D eigenvalue weighted by Crippen LogP contribution is 2.26. The van der Waals surface area contributed by atoms with Crippen LogP contribution in [0.4, 0.5) is 11.4 Å². The number of benzene rings is 1. The molecule has 7 nitrogen and oxygen atoms in total. The topological polar surface area (TPSA) is 102 Å². The summed E-state index contributed by atoms with van der Waals surface area (Å²) in [6.45, 7) is 3.52. The molecule has 1 N–H and O–H groups in total. The van der Waals surface area contributed by atoms with Gasteiger partial charge in [0.1, 0.15) is 11.9 Å². The summed E-state index contributed by atoms with van der Waals surface area (Å²) in [6.07, 6.45) is 2.28. The van der Waals surface area contributed by atoms with Crippen molar-refractivity contribution < 1.29 is 13.3 Å². The number of hydrogen-bond acceptors (Lipinski definition) is 5. The summed E-state index contributed by atoms with van der Waals surface area (Å²) in [4.78, 5) is 13.9. The van der Waals surface area contributed by atoms with E-state index in [9.17, 15) is 18.5 Å². The Morgan fingerprint density at radius 1 is 1.24 bits per heavy atom. The van der Waals surface area contributed by atoms with Crippen molar-refractivity contribution in [3.05, 3.63) is 57.9 Å². The molecule has 110 valence electrons. The van der Waals surface area contributed by atoms with Crippen molar-refractivity contribution in [1.29, 1.82) is 0 Å². The van der Waals surface area contributed by atoms with E-state index in [0.717, 1.165) is 11.8 Å². The monoisotopic (exact) mass is 307 g/mol. The smallest absolute Gasteiger partial charge is 0.273 e. The third-order valence-corrected chi connectivity index (χ3v) is 4.39. The van der Waals surface area contributed by atoms with Crippen LogP contribution in [0.1, 0.15) is 11.1 Å². The number of nitro groups is 1. The van der Waals surface area contributed by atoms with Gasteiger partial charge in [-0.2, -0.15) is 0 Å².